The van der Waals surface area contributed by atoms with E-state index in [1.807, 2.05) is 47.7 Å². The molecule has 0 spiro atoms. The van der Waals surface area contributed by atoms with Gasteiger partial charge in [0.25, 0.3) is 0 Å². The molecule has 2 aliphatic rings. The van der Waals surface area contributed by atoms with E-state index < -0.39 is 0 Å². The molecule has 86 valence electrons. The SMILES string of the molecule is O=C1CC=CC=CN1C1CSc2cccc[n+]21. The number of pyridine rings is 1. The van der Waals surface area contributed by atoms with Crippen LogP contribution >= 0.6 is 11.8 Å². The lowest BCUT2D eigenvalue weighted by Crippen LogP contribution is -2.48. The summed E-state index contributed by atoms with van der Waals surface area (Å²) < 4.78 is 2.16. The highest BCUT2D eigenvalue weighted by molar-refractivity contribution is 7.99. The standard InChI is InChI=1S/C13H13N2OS/c16-12-6-2-1-4-8-14(12)11-10-17-13-7-3-5-9-15(11)13/h1-5,7-9,11H,6,10H2/q+1. The van der Waals surface area contributed by atoms with Crippen molar-refractivity contribution in [3.63, 3.8) is 0 Å². The molecular weight excluding hydrogens is 232 g/mol. The second kappa shape index (κ2) is 4.37. The molecule has 1 amide bonds. The zero-order chi connectivity index (χ0) is 11.7. The Morgan fingerprint density at radius 1 is 1.35 bits per heavy atom. The van der Waals surface area contributed by atoms with E-state index in [9.17, 15) is 4.79 Å². The van der Waals surface area contributed by atoms with Crippen molar-refractivity contribution in [2.75, 3.05) is 5.75 Å². The van der Waals surface area contributed by atoms with E-state index >= 15 is 0 Å². The van der Waals surface area contributed by atoms with Gasteiger partial charge >= 0.3 is 0 Å². The summed E-state index contributed by atoms with van der Waals surface area (Å²) >= 11 is 1.79. The highest BCUT2D eigenvalue weighted by Gasteiger charge is 2.37. The molecular formula is C13H13N2OS+. The van der Waals surface area contributed by atoms with Gasteiger partial charge in [0.05, 0.1) is 5.75 Å². The quantitative estimate of drug-likeness (QED) is 0.706. The van der Waals surface area contributed by atoms with Crippen LogP contribution in [0.25, 0.3) is 0 Å². The lowest BCUT2D eigenvalue weighted by molar-refractivity contribution is -0.761. The molecule has 17 heavy (non-hydrogen) atoms. The van der Waals surface area contributed by atoms with Gasteiger partial charge in [0.2, 0.25) is 17.1 Å². The Kier molecular flexibility index (Phi) is 2.73. The van der Waals surface area contributed by atoms with Crippen LogP contribution in [0.4, 0.5) is 0 Å². The predicted molar refractivity (Wildman–Crippen MR) is 66.1 cm³/mol. The second-order valence-electron chi connectivity index (χ2n) is 4.01. The number of amides is 1. The Morgan fingerprint density at radius 2 is 2.29 bits per heavy atom. The first-order chi connectivity index (χ1) is 8.36. The molecule has 0 radical (unpaired) electrons. The van der Waals surface area contributed by atoms with Crippen molar-refractivity contribution in [1.29, 1.82) is 0 Å². The molecule has 3 heterocycles. The van der Waals surface area contributed by atoms with Crippen molar-refractivity contribution in [3.8, 4) is 0 Å². The molecule has 0 bridgehead atoms. The molecule has 1 aromatic rings. The maximum absolute atomic E-state index is 12.0. The Bertz CT molecular complexity index is 510. The highest BCUT2D eigenvalue weighted by Crippen LogP contribution is 2.28. The van der Waals surface area contributed by atoms with E-state index in [4.69, 9.17) is 0 Å². The van der Waals surface area contributed by atoms with E-state index in [-0.39, 0.29) is 12.1 Å². The number of allylic oxidation sites excluding steroid dienone is 2. The number of thioether (sulfide) groups is 1. The van der Waals surface area contributed by atoms with Gasteiger partial charge in [-0.3, -0.25) is 9.69 Å². The van der Waals surface area contributed by atoms with Crippen LogP contribution in [0.2, 0.25) is 0 Å². The van der Waals surface area contributed by atoms with Crippen molar-refractivity contribution in [3.05, 3.63) is 48.8 Å². The minimum absolute atomic E-state index is 0.111. The summed E-state index contributed by atoms with van der Waals surface area (Å²) in [5.74, 6) is 1.07. The lowest BCUT2D eigenvalue weighted by Gasteiger charge is -2.19. The molecule has 1 aromatic heterocycles. The minimum atomic E-state index is 0.111. The number of carbonyl (C=O) groups is 1. The topological polar surface area (TPSA) is 24.2 Å². The summed E-state index contributed by atoms with van der Waals surface area (Å²) in [7, 11) is 0. The average molecular weight is 245 g/mol. The number of aromatic nitrogens is 1. The number of carbonyl (C=O) groups excluding carboxylic acids is 1. The molecule has 0 saturated heterocycles. The van der Waals surface area contributed by atoms with Gasteiger partial charge in [-0.2, -0.15) is 4.57 Å². The molecule has 3 nitrogen and oxygen atoms in total. The predicted octanol–water partition coefficient (Wildman–Crippen LogP) is 1.88. The maximum Gasteiger partial charge on any atom is 0.250 e. The van der Waals surface area contributed by atoms with E-state index in [0.717, 1.165) is 5.75 Å². The largest absolute Gasteiger partial charge is 0.274 e. The molecule has 4 heteroatoms. The van der Waals surface area contributed by atoms with Crippen LogP contribution in [0.15, 0.2) is 53.8 Å². The fourth-order valence-electron chi connectivity index (χ4n) is 2.11. The molecule has 0 N–H and O–H groups in total. The van der Waals surface area contributed by atoms with Gasteiger partial charge in [-0.1, -0.05) is 12.2 Å². The van der Waals surface area contributed by atoms with Crippen LogP contribution in [0.5, 0.6) is 0 Å². The molecule has 1 atom stereocenters. The van der Waals surface area contributed by atoms with Gasteiger partial charge in [-0.25, -0.2) is 0 Å². The Hall–Kier alpha value is -1.55. The van der Waals surface area contributed by atoms with Crippen LogP contribution in [0, 0.1) is 0 Å². The number of hydrogen-bond donors (Lipinski definition) is 0. The molecule has 0 saturated carbocycles. The zero-order valence-corrected chi connectivity index (χ0v) is 10.1. The van der Waals surface area contributed by atoms with Crippen molar-refractivity contribution in [2.24, 2.45) is 0 Å². The van der Waals surface area contributed by atoms with Gasteiger partial charge < -0.3 is 0 Å². The second-order valence-corrected chi connectivity index (χ2v) is 5.05. The van der Waals surface area contributed by atoms with Crippen molar-refractivity contribution in [2.45, 2.75) is 17.6 Å². The Labute approximate surface area is 104 Å². The number of nitrogens with zero attached hydrogens (tertiary/aromatic N) is 2. The van der Waals surface area contributed by atoms with Crippen LogP contribution in [0.3, 0.4) is 0 Å². The molecule has 3 rings (SSSR count). The third-order valence-corrected chi connectivity index (χ3v) is 4.06. The smallest absolute Gasteiger partial charge is 0.250 e. The van der Waals surface area contributed by atoms with E-state index in [0.29, 0.717) is 6.42 Å². The number of fused-ring (bicyclic) bond motifs is 1. The first-order valence-electron chi connectivity index (χ1n) is 5.64. The Balaban J connectivity index is 1.94. The molecule has 1 unspecified atom stereocenters. The first kappa shape index (κ1) is 10.6. The van der Waals surface area contributed by atoms with Crippen LogP contribution < -0.4 is 4.57 Å². The number of rotatable bonds is 1. The monoisotopic (exact) mass is 245 g/mol. The zero-order valence-electron chi connectivity index (χ0n) is 9.32. The van der Waals surface area contributed by atoms with Gasteiger partial charge in [0.1, 0.15) is 0 Å². The van der Waals surface area contributed by atoms with Gasteiger partial charge in [0.15, 0.2) is 6.20 Å². The fraction of sp³-hybridized carbons (Fsp3) is 0.231. The summed E-state index contributed by atoms with van der Waals surface area (Å²) in [5, 5.41) is 1.22. The summed E-state index contributed by atoms with van der Waals surface area (Å²) in [6.45, 7) is 0. The minimum Gasteiger partial charge on any atom is -0.274 e. The third-order valence-electron chi connectivity index (χ3n) is 2.95. The summed E-state index contributed by atoms with van der Waals surface area (Å²) in [6.07, 6.45) is 10.3. The van der Waals surface area contributed by atoms with Crippen LogP contribution in [-0.4, -0.2) is 16.6 Å². The molecule has 0 aromatic carbocycles. The molecule has 0 aliphatic carbocycles. The van der Waals surface area contributed by atoms with Gasteiger partial charge in [0, 0.05) is 24.8 Å². The third kappa shape index (κ3) is 1.89. The van der Waals surface area contributed by atoms with E-state index in [1.54, 1.807) is 11.8 Å². The van der Waals surface area contributed by atoms with Crippen molar-refractivity contribution in [1.82, 2.24) is 4.90 Å². The Morgan fingerprint density at radius 3 is 3.24 bits per heavy atom. The normalized spacial score (nSPS) is 22.7. The lowest BCUT2D eigenvalue weighted by atomic mass is 10.3. The fourth-order valence-corrected chi connectivity index (χ4v) is 3.25. The average Bonchev–Trinajstić information content (AvgIpc) is 2.66. The summed E-state index contributed by atoms with van der Waals surface area (Å²) in [4.78, 5) is 13.8. The van der Waals surface area contributed by atoms with Crippen molar-refractivity contribution >= 4 is 17.7 Å². The molecule has 2 aliphatic heterocycles. The summed E-state index contributed by atoms with van der Waals surface area (Å²) in [6, 6.07) is 6.13. The van der Waals surface area contributed by atoms with E-state index in [2.05, 4.69) is 10.6 Å². The van der Waals surface area contributed by atoms with Crippen LogP contribution in [0.1, 0.15) is 12.6 Å². The summed E-state index contributed by atoms with van der Waals surface area (Å²) in [5.41, 5.74) is 0. The maximum atomic E-state index is 12.0. The van der Waals surface area contributed by atoms with E-state index in [1.165, 1.54) is 5.03 Å². The van der Waals surface area contributed by atoms with Crippen LogP contribution in [-0.2, 0) is 4.79 Å². The van der Waals surface area contributed by atoms with Crippen molar-refractivity contribution < 1.29 is 9.36 Å². The number of hydrogen-bond acceptors (Lipinski definition) is 2. The first-order valence-corrected chi connectivity index (χ1v) is 6.62. The van der Waals surface area contributed by atoms with Gasteiger partial charge in [-0.15, -0.1) is 0 Å². The molecule has 0 fully saturated rings. The van der Waals surface area contributed by atoms with Gasteiger partial charge in [-0.05, 0) is 23.9 Å². The highest BCUT2D eigenvalue weighted by atomic mass is 32.2.